The van der Waals surface area contributed by atoms with Crippen LogP contribution >= 0.6 is 11.8 Å². The van der Waals surface area contributed by atoms with Gasteiger partial charge in [-0.25, -0.2) is 4.98 Å². The third kappa shape index (κ3) is 1.77. The molecule has 0 saturated heterocycles. The molecular formula is C9H9N3OS. The predicted molar refractivity (Wildman–Crippen MR) is 54.4 cm³/mol. The van der Waals surface area contributed by atoms with Gasteiger partial charge < -0.3 is 0 Å². The first kappa shape index (κ1) is 9.21. The van der Waals surface area contributed by atoms with Gasteiger partial charge >= 0.3 is 0 Å². The van der Waals surface area contributed by atoms with Gasteiger partial charge in [0.1, 0.15) is 5.78 Å². The number of carbonyl (C=O) groups is 1. The number of Topliss-reactive ketones (excluding diaryl/α,β-unsaturated/α-hetero) is 1. The van der Waals surface area contributed by atoms with Crippen LogP contribution in [0.25, 0.3) is 5.52 Å². The van der Waals surface area contributed by atoms with Crippen molar-refractivity contribution in [1.82, 2.24) is 14.4 Å². The second kappa shape index (κ2) is 3.79. The summed E-state index contributed by atoms with van der Waals surface area (Å²) in [5.41, 5.74) is 0.943. The fourth-order valence-corrected chi connectivity index (χ4v) is 1.86. The van der Waals surface area contributed by atoms with E-state index >= 15 is 0 Å². The zero-order valence-electron chi connectivity index (χ0n) is 7.67. The van der Waals surface area contributed by atoms with Crippen molar-refractivity contribution in [2.45, 2.75) is 12.1 Å². The number of aromatic nitrogens is 3. The quantitative estimate of drug-likeness (QED) is 0.714. The zero-order chi connectivity index (χ0) is 9.97. The molecule has 2 aromatic rings. The van der Waals surface area contributed by atoms with Gasteiger partial charge in [-0.1, -0.05) is 11.8 Å². The van der Waals surface area contributed by atoms with Crippen molar-refractivity contribution < 1.29 is 4.79 Å². The van der Waals surface area contributed by atoms with Gasteiger partial charge in [0.05, 0.1) is 23.7 Å². The molecule has 0 aliphatic heterocycles. The maximum absolute atomic E-state index is 10.8. The van der Waals surface area contributed by atoms with Crippen LogP contribution in [0.4, 0.5) is 0 Å². The fraction of sp³-hybridized carbons (Fsp3) is 0.222. The highest BCUT2D eigenvalue weighted by molar-refractivity contribution is 7.99. The van der Waals surface area contributed by atoms with Crippen molar-refractivity contribution in [3.8, 4) is 0 Å². The Morgan fingerprint density at radius 2 is 2.43 bits per heavy atom. The maximum atomic E-state index is 10.8. The van der Waals surface area contributed by atoms with Gasteiger partial charge in [0.2, 0.25) is 0 Å². The molecule has 5 heteroatoms. The van der Waals surface area contributed by atoms with Crippen LogP contribution in [0.15, 0.2) is 29.9 Å². The van der Waals surface area contributed by atoms with Gasteiger partial charge in [-0.05, 0) is 6.92 Å². The molecule has 0 atom stereocenters. The highest BCUT2D eigenvalue weighted by atomic mass is 32.2. The number of rotatable bonds is 3. The van der Waals surface area contributed by atoms with Crippen LogP contribution in [0.5, 0.6) is 0 Å². The second-order valence-corrected chi connectivity index (χ2v) is 3.85. The minimum absolute atomic E-state index is 0.154. The standard InChI is InChI=1S/C9H9N3OS/c1-7(13)6-14-9-11-5-8-4-10-2-3-12(8)9/h2-5H,6H2,1H3. The Labute approximate surface area is 85.4 Å². The van der Waals surface area contributed by atoms with Gasteiger partial charge in [0, 0.05) is 12.4 Å². The van der Waals surface area contributed by atoms with Crippen LogP contribution < -0.4 is 0 Å². The summed E-state index contributed by atoms with van der Waals surface area (Å²) >= 11 is 1.44. The first-order chi connectivity index (χ1) is 6.77. The van der Waals surface area contributed by atoms with Crippen molar-refractivity contribution in [2.75, 3.05) is 5.75 Å². The minimum Gasteiger partial charge on any atom is -0.299 e. The summed E-state index contributed by atoms with van der Waals surface area (Å²) in [7, 11) is 0. The molecule has 0 aliphatic carbocycles. The molecule has 0 aromatic carbocycles. The SMILES string of the molecule is CC(=O)CSc1ncc2cnccn12. The van der Waals surface area contributed by atoms with E-state index in [9.17, 15) is 4.79 Å². The molecule has 0 bridgehead atoms. The molecule has 0 unspecified atom stereocenters. The molecule has 0 aliphatic rings. The molecule has 2 heterocycles. The lowest BCUT2D eigenvalue weighted by Gasteiger charge is -1.97. The van der Waals surface area contributed by atoms with Crippen molar-refractivity contribution >= 4 is 23.1 Å². The summed E-state index contributed by atoms with van der Waals surface area (Å²) in [6, 6.07) is 0. The second-order valence-electron chi connectivity index (χ2n) is 2.90. The van der Waals surface area contributed by atoms with E-state index in [1.807, 2.05) is 10.6 Å². The van der Waals surface area contributed by atoms with Crippen LogP contribution in [-0.2, 0) is 4.79 Å². The van der Waals surface area contributed by atoms with Crippen LogP contribution in [0.1, 0.15) is 6.92 Å². The molecule has 0 N–H and O–H groups in total. The number of nitrogens with zero attached hydrogens (tertiary/aromatic N) is 3. The molecule has 72 valence electrons. The lowest BCUT2D eigenvalue weighted by molar-refractivity contribution is -0.114. The molecule has 4 nitrogen and oxygen atoms in total. The Morgan fingerprint density at radius 1 is 1.57 bits per heavy atom. The van der Waals surface area contributed by atoms with E-state index in [0.717, 1.165) is 10.7 Å². The molecule has 2 aromatic heterocycles. The number of fused-ring (bicyclic) bond motifs is 1. The number of hydrogen-bond acceptors (Lipinski definition) is 4. The number of imidazole rings is 1. The lowest BCUT2D eigenvalue weighted by atomic mass is 10.5. The number of carbonyl (C=O) groups excluding carboxylic acids is 1. The van der Waals surface area contributed by atoms with E-state index < -0.39 is 0 Å². The molecule has 0 fully saturated rings. The molecular weight excluding hydrogens is 198 g/mol. The summed E-state index contributed by atoms with van der Waals surface area (Å²) < 4.78 is 1.92. The Morgan fingerprint density at radius 3 is 3.21 bits per heavy atom. The topological polar surface area (TPSA) is 47.3 Å². The van der Waals surface area contributed by atoms with E-state index in [1.54, 1.807) is 25.5 Å². The highest BCUT2D eigenvalue weighted by Gasteiger charge is 2.04. The average molecular weight is 207 g/mol. The molecule has 0 spiro atoms. The Kier molecular flexibility index (Phi) is 2.49. The normalized spacial score (nSPS) is 10.6. The molecule has 0 radical (unpaired) electrons. The predicted octanol–water partition coefficient (Wildman–Crippen LogP) is 1.41. The zero-order valence-corrected chi connectivity index (χ0v) is 8.49. The third-order valence-electron chi connectivity index (χ3n) is 1.70. The van der Waals surface area contributed by atoms with Crippen molar-refractivity contribution in [3.63, 3.8) is 0 Å². The smallest absolute Gasteiger partial charge is 0.173 e. The monoisotopic (exact) mass is 207 g/mol. The van der Waals surface area contributed by atoms with Gasteiger partial charge in [-0.2, -0.15) is 0 Å². The Hall–Kier alpha value is -1.36. The van der Waals surface area contributed by atoms with Crippen LogP contribution in [0.2, 0.25) is 0 Å². The highest BCUT2D eigenvalue weighted by Crippen LogP contribution is 2.17. The van der Waals surface area contributed by atoms with Gasteiger partial charge in [-0.15, -0.1) is 0 Å². The van der Waals surface area contributed by atoms with E-state index in [4.69, 9.17) is 0 Å². The molecule has 2 rings (SSSR count). The van der Waals surface area contributed by atoms with Crippen molar-refractivity contribution in [1.29, 1.82) is 0 Å². The van der Waals surface area contributed by atoms with Gasteiger partial charge in [-0.3, -0.25) is 14.2 Å². The van der Waals surface area contributed by atoms with E-state index in [1.165, 1.54) is 11.8 Å². The summed E-state index contributed by atoms with van der Waals surface area (Å²) in [5, 5.41) is 0.831. The fourth-order valence-electron chi connectivity index (χ4n) is 1.10. The number of thioether (sulfide) groups is 1. The summed E-state index contributed by atoms with van der Waals surface area (Å²) in [6.45, 7) is 1.57. The summed E-state index contributed by atoms with van der Waals surface area (Å²) in [5.74, 6) is 0.613. The van der Waals surface area contributed by atoms with Crippen molar-refractivity contribution in [3.05, 3.63) is 24.8 Å². The minimum atomic E-state index is 0.154. The largest absolute Gasteiger partial charge is 0.299 e. The van der Waals surface area contributed by atoms with Crippen LogP contribution in [0, 0.1) is 0 Å². The lowest BCUT2D eigenvalue weighted by Crippen LogP contribution is -1.95. The summed E-state index contributed by atoms with van der Waals surface area (Å²) in [4.78, 5) is 19.0. The average Bonchev–Trinajstić information content (AvgIpc) is 2.58. The van der Waals surface area contributed by atoms with E-state index in [-0.39, 0.29) is 5.78 Å². The molecule has 14 heavy (non-hydrogen) atoms. The van der Waals surface area contributed by atoms with E-state index in [2.05, 4.69) is 9.97 Å². The summed E-state index contributed by atoms with van der Waals surface area (Å²) in [6.07, 6.45) is 7.03. The van der Waals surface area contributed by atoms with Gasteiger partial charge in [0.15, 0.2) is 5.16 Å². The third-order valence-corrected chi connectivity index (χ3v) is 2.82. The Balaban J connectivity index is 2.29. The first-order valence-corrected chi connectivity index (χ1v) is 5.15. The molecule has 0 saturated carbocycles. The maximum Gasteiger partial charge on any atom is 0.173 e. The van der Waals surface area contributed by atoms with E-state index in [0.29, 0.717) is 5.75 Å². The number of ketones is 1. The molecule has 0 amide bonds. The van der Waals surface area contributed by atoms with Gasteiger partial charge in [0.25, 0.3) is 0 Å². The first-order valence-electron chi connectivity index (χ1n) is 4.16. The van der Waals surface area contributed by atoms with Crippen LogP contribution in [-0.4, -0.2) is 25.9 Å². The Bertz CT molecular complexity index is 466. The van der Waals surface area contributed by atoms with Crippen molar-refractivity contribution in [2.24, 2.45) is 0 Å². The van der Waals surface area contributed by atoms with Crippen LogP contribution in [0.3, 0.4) is 0 Å². The number of hydrogen-bond donors (Lipinski definition) is 0.